The van der Waals surface area contributed by atoms with E-state index >= 15 is 0 Å². The van der Waals surface area contributed by atoms with Crippen LogP contribution in [-0.4, -0.2) is 4.98 Å². The largest absolute Gasteiger partial charge is 0.255 e. The molecule has 0 saturated heterocycles. The van der Waals surface area contributed by atoms with Crippen LogP contribution in [0.2, 0.25) is 0 Å². The van der Waals surface area contributed by atoms with Crippen LogP contribution in [0.15, 0.2) is 36.9 Å². The maximum absolute atomic E-state index is 3.81. The van der Waals surface area contributed by atoms with Gasteiger partial charge in [0, 0.05) is 6.42 Å². The van der Waals surface area contributed by atoms with E-state index in [2.05, 4.69) is 47.3 Å². The average Bonchev–Trinajstić information content (AvgIpc) is 2.59. The van der Waals surface area contributed by atoms with Crippen molar-refractivity contribution in [3.63, 3.8) is 0 Å². The summed E-state index contributed by atoms with van der Waals surface area (Å²) >= 11 is 0. The van der Waals surface area contributed by atoms with Crippen molar-refractivity contribution < 1.29 is 4.57 Å². The van der Waals surface area contributed by atoms with Crippen LogP contribution in [0.25, 0.3) is 11.0 Å². The summed E-state index contributed by atoms with van der Waals surface area (Å²) in [7, 11) is 0. The number of fused-ring (bicyclic) bond motifs is 1. The Labute approximate surface area is 90.3 Å². The minimum Gasteiger partial charge on any atom is -0.241 e. The first kappa shape index (κ1) is 9.97. The lowest BCUT2D eigenvalue weighted by molar-refractivity contribution is -0.668. The van der Waals surface area contributed by atoms with E-state index in [4.69, 9.17) is 0 Å². The fourth-order valence-corrected chi connectivity index (χ4v) is 1.95. The summed E-state index contributed by atoms with van der Waals surface area (Å²) in [6.07, 6.45) is 4.19. The third kappa shape index (κ3) is 1.80. The van der Waals surface area contributed by atoms with Crippen LogP contribution >= 0.6 is 0 Å². The van der Waals surface area contributed by atoms with Gasteiger partial charge in [-0.2, -0.15) is 0 Å². The fraction of sp³-hybridized carbons (Fsp3) is 0.308. The van der Waals surface area contributed by atoms with Gasteiger partial charge in [0.25, 0.3) is 5.82 Å². The van der Waals surface area contributed by atoms with Gasteiger partial charge in [-0.25, -0.2) is 9.55 Å². The molecule has 0 saturated carbocycles. The highest BCUT2D eigenvalue weighted by atomic mass is 15.1. The molecule has 2 aromatic rings. The SMILES string of the molecule is C=CC[n+]1c(CCC)[nH]c2ccccc21. The quantitative estimate of drug-likeness (QED) is 0.579. The molecule has 0 amide bonds. The Morgan fingerprint density at radius 3 is 2.93 bits per heavy atom. The van der Waals surface area contributed by atoms with E-state index in [1.807, 2.05) is 6.08 Å². The smallest absolute Gasteiger partial charge is 0.241 e. The number of nitrogens with zero attached hydrogens (tertiary/aromatic N) is 1. The molecule has 0 fully saturated rings. The van der Waals surface area contributed by atoms with Gasteiger partial charge in [0.15, 0.2) is 11.0 Å². The molecule has 0 radical (unpaired) electrons. The highest BCUT2D eigenvalue weighted by molar-refractivity contribution is 5.71. The summed E-state index contributed by atoms with van der Waals surface area (Å²) in [6.45, 7) is 6.88. The minimum atomic E-state index is 0.874. The van der Waals surface area contributed by atoms with Gasteiger partial charge in [-0.15, -0.1) is 0 Å². The Kier molecular flexibility index (Phi) is 2.86. The summed E-state index contributed by atoms with van der Waals surface area (Å²) in [4.78, 5) is 3.47. The standard InChI is InChI=1S/C13H16N2/c1-3-7-13-14-11-8-5-6-9-12(11)15(13)10-4-2/h4-6,8-9H,2-3,7,10H2,1H3/p+1. The molecule has 0 aliphatic carbocycles. The molecule has 0 bridgehead atoms. The first-order chi connectivity index (χ1) is 7.36. The molecule has 1 N–H and O–H groups in total. The number of imidazole rings is 1. The van der Waals surface area contributed by atoms with E-state index in [9.17, 15) is 0 Å². The number of nitrogens with one attached hydrogen (secondary N) is 1. The van der Waals surface area contributed by atoms with Gasteiger partial charge in [-0.05, 0) is 18.6 Å². The predicted molar refractivity (Wildman–Crippen MR) is 62.7 cm³/mol. The average molecular weight is 201 g/mol. The Morgan fingerprint density at radius 2 is 2.20 bits per heavy atom. The lowest BCUT2D eigenvalue weighted by Gasteiger charge is -1.96. The molecular weight excluding hydrogens is 184 g/mol. The first-order valence-corrected chi connectivity index (χ1v) is 5.47. The molecule has 78 valence electrons. The van der Waals surface area contributed by atoms with Gasteiger partial charge in [0.1, 0.15) is 6.54 Å². The summed E-state index contributed by atoms with van der Waals surface area (Å²) < 4.78 is 2.30. The van der Waals surface area contributed by atoms with E-state index in [1.54, 1.807) is 0 Å². The van der Waals surface area contributed by atoms with Crippen molar-refractivity contribution in [2.45, 2.75) is 26.3 Å². The number of aromatic nitrogens is 2. The van der Waals surface area contributed by atoms with Crippen LogP contribution in [0, 0.1) is 0 Å². The highest BCUT2D eigenvalue weighted by Crippen LogP contribution is 2.09. The van der Waals surface area contributed by atoms with Crippen LogP contribution in [0.3, 0.4) is 0 Å². The number of rotatable bonds is 4. The Hall–Kier alpha value is -1.57. The Balaban J connectivity index is 2.57. The molecule has 2 heteroatoms. The van der Waals surface area contributed by atoms with Crippen molar-refractivity contribution in [2.75, 3.05) is 0 Å². The minimum absolute atomic E-state index is 0.874. The second-order valence-electron chi connectivity index (χ2n) is 3.74. The summed E-state index contributed by atoms with van der Waals surface area (Å²) in [5, 5.41) is 0. The van der Waals surface area contributed by atoms with Crippen molar-refractivity contribution in [1.29, 1.82) is 0 Å². The summed E-state index contributed by atoms with van der Waals surface area (Å²) in [5.74, 6) is 1.29. The number of hydrogen-bond acceptors (Lipinski definition) is 0. The van der Waals surface area contributed by atoms with E-state index in [1.165, 1.54) is 16.9 Å². The second kappa shape index (κ2) is 4.30. The van der Waals surface area contributed by atoms with Crippen molar-refractivity contribution >= 4 is 11.0 Å². The number of aryl methyl sites for hydroxylation is 1. The Bertz CT molecular complexity index is 468. The molecule has 0 aliphatic heterocycles. The van der Waals surface area contributed by atoms with Crippen LogP contribution in [0.4, 0.5) is 0 Å². The van der Waals surface area contributed by atoms with Gasteiger partial charge in [-0.1, -0.05) is 31.7 Å². The number of allylic oxidation sites excluding steroid dienone is 1. The molecular formula is C13H17N2+. The molecule has 1 heterocycles. The van der Waals surface area contributed by atoms with Crippen LogP contribution < -0.4 is 4.57 Å². The molecule has 1 aromatic carbocycles. The van der Waals surface area contributed by atoms with E-state index in [0.29, 0.717) is 0 Å². The molecule has 0 atom stereocenters. The van der Waals surface area contributed by atoms with E-state index in [-0.39, 0.29) is 0 Å². The molecule has 2 rings (SSSR count). The second-order valence-corrected chi connectivity index (χ2v) is 3.74. The normalized spacial score (nSPS) is 10.7. The summed E-state index contributed by atoms with van der Waals surface area (Å²) in [6, 6.07) is 8.40. The van der Waals surface area contributed by atoms with Crippen molar-refractivity contribution in [2.24, 2.45) is 0 Å². The predicted octanol–water partition coefficient (Wildman–Crippen LogP) is 2.59. The lowest BCUT2D eigenvalue weighted by atomic mass is 10.3. The van der Waals surface area contributed by atoms with Gasteiger partial charge in [0.2, 0.25) is 0 Å². The zero-order valence-electron chi connectivity index (χ0n) is 9.16. The molecule has 2 nitrogen and oxygen atoms in total. The first-order valence-electron chi connectivity index (χ1n) is 5.47. The lowest BCUT2D eigenvalue weighted by Crippen LogP contribution is -2.36. The van der Waals surface area contributed by atoms with Crippen molar-refractivity contribution in [3.8, 4) is 0 Å². The molecule has 15 heavy (non-hydrogen) atoms. The number of hydrogen-bond donors (Lipinski definition) is 1. The van der Waals surface area contributed by atoms with Gasteiger partial charge < -0.3 is 0 Å². The molecule has 0 aliphatic rings. The van der Waals surface area contributed by atoms with Crippen LogP contribution in [0.5, 0.6) is 0 Å². The van der Waals surface area contributed by atoms with Gasteiger partial charge >= 0.3 is 0 Å². The van der Waals surface area contributed by atoms with Crippen molar-refractivity contribution in [1.82, 2.24) is 4.98 Å². The van der Waals surface area contributed by atoms with Gasteiger partial charge in [0.05, 0.1) is 0 Å². The van der Waals surface area contributed by atoms with Gasteiger partial charge in [-0.3, -0.25) is 0 Å². The zero-order valence-corrected chi connectivity index (χ0v) is 9.16. The van der Waals surface area contributed by atoms with Crippen LogP contribution in [-0.2, 0) is 13.0 Å². The topological polar surface area (TPSA) is 19.7 Å². The molecule has 0 unspecified atom stereocenters. The maximum atomic E-state index is 3.81. The molecule has 1 aromatic heterocycles. The summed E-state index contributed by atoms with van der Waals surface area (Å²) in [5.41, 5.74) is 2.48. The maximum Gasteiger partial charge on any atom is 0.255 e. The molecule has 0 spiro atoms. The number of para-hydroxylation sites is 2. The van der Waals surface area contributed by atoms with E-state index < -0.39 is 0 Å². The number of aromatic amines is 1. The highest BCUT2D eigenvalue weighted by Gasteiger charge is 2.15. The third-order valence-corrected chi connectivity index (χ3v) is 2.60. The number of benzene rings is 1. The van der Waals surface area contributed by atoms with Crippen LogP contribution in [0.1, 0.15) is 19.2 Å². The van der Waals surface area contributed by atoms with E-state index in [0.717, 1.165) is 19.4 Å². The van der Waals surface area contributed by atoms with Crippen molar-refractivity contribution in [3.05, 3.63) is 42.7 Å². The fourth-order valence-electron chi connectivity index (χ4n) is 1.95. The monoisotopic (exact) mass is 201 g/mol. The number of H-pyrrole nitrogens is 1. The third-order valence-electron chi connectivity index (χ3n) is 2.60. The Morgan fingerprint density at radius 1 is 1.40 bits per heavy atom. The zero-order chi connectivity index (χ0) is 10.7.